The van der Waals surface area contributed by atoms with E-state index in [4.69, 9.17) is 15.3 Å². The molecule has 3 rings (SSSR count). The Kier molecular flexibility index (Phi) is 10.5. The fraction of sp³-hybridized carbons (Fsp3) is 0.214. The number of halogens is 1. The molecule has 0 aromatic heterocycles. The van der Waals surface area contributed by atoms with Gasteiger partial charge in [-0.05, 0) is 49.4 Å². The number of nitrogens with zero attached hydrogens (tertiary/aromatic N) is 6. The summed E-state index contributed by atoms with van der Waals surface area (Å²) < 4.78 is 6.24. The van der Waals surface area contributed by atoms with Gasteiger partial charge >= 0.3 is 0 Å². The molecule has 3 aromatic carbocycles. The van der Waals surface area contributed by atoms with Crippen LogP contribution in [0, 0.1) is 29.6 Å². The molecule has 198 valence electrons. The molecule has 0 fully saturated rings. The van der Waals surface area contributed by atoms with Crippen LogP contribution in [0.25, 0.3) is 0 Å². The van der Waals surface area contributed by atoms with Crippen LogP contribution in [0.4, 0.5) is 11.4 Å². The van der Waals surface area contributed by atoms with Crippen LogP contribution in [0.15, 0.2) is 80.5 Å². The van der Waals surface area contributed by atoms with Crippen molar-refractivity contribution in [1.82, 2.24) is 5.43 Å². The average molecular weight is 588 g/mol. The highest BCUT2D eigenvalue weighted by Gasteiger charge is 2.17. The summed E-state index contributed by atoms with van der Waals surface area (Å²) >= 11 is 3.29. The molecule has 0 radical (unpaired) electrons. The third kappa shape index (κ3) is 8.12. The van der Waals surface area contributed by atoms with E-state index in [9.17, 15) is 9.90 Å². The van der Waals surface area contributed by atoms with E-state index in [1.165, 1.54) is 19.2 Å². The van der Waals surface area contributed by atoms with Gasteiger partial charge in [0.15, 0.2) is 0 Å². The monoisotopic (exact) mass is 587 g/mol. The second kappa shape index (κ2) is 14.3. The van der Waals surface area contributed by atoms with Crippen molar-refractivity contribution >= 4 is 39.0 Å². The Bertz CT molecular complexity index is 1440. The summed E-state index contributed by atoms with van der Waals surface area (Å²) in [5, 5.41) is 40.9. The minimum absolute atomic E-state index is 0.0240. The van der Waals surface area contributed by atoms with Crippen molar-refractivity contribution in [3.63, 3.8) is 0 Å². The summed E-state index contributed by atoms with van der Waals surface area (Å²) in [5.74, 6) is -0.396. The quantitative estimate of drug-likeness (QED) is 0.129. The summed E-state index contributed by atoms with van der Waals surface area (Å²) in [6, 6.07) is 21.4. The smallest absolute Gasteiger partial charge is 0.275 e. The number of aromatic hydroxyl groups is 1. The fourth-order valence-corrected chi connectivity index (χ4v) is 3.87. The number of nitrogens with one attached hydrogen (secondary N) is 1. The summed E-state index contributed by atoms with van der Waals surface area (Å²) in [6.45, 7) is 2.85. The molecule has 0 atom stereocenters. The first-order valence-corrected chi connectivity index (χ1v) is 12.7. The van der Waals surface area contributed by atoms with Gasteiger partial charge in [-0.15, -0.1) is 15.3 Å². The SMILES string of the molecule is COc1cc(N(CCC#N)CCC#N)ccc1/C(N=Nc1ccc(C)cc1)=N/NC(=O)c1cc(Br)ccc1O. The van der Waals surface area contributed by atoms with Crippen LogP contribution in [-0.2, 0) is 0 Å². The number of methoxy groups -OCH3 is 1. The van der Waals surface area contributed by atoms with Crippen molar-refractivity contribution in [2.45, 2.75) is 19.8 Å². The highest BCUT2D eigenvalue weighted by molar-refractivity contribution is 9.10. The van der Waals surface area contributed by atoms with E-state index in [0.29, 0.717) is 47.4 Å². The molecule has 39 heavy (non-hydrogen) atoms. The Hall–Kier alpha value is -4.74. The number of hydrogen-bond acceptors (Lipinski definition) is 8. The lowest BCUT2D eigenvalue weighted by Gasteiger charge is -2.23. The molecule has 0 heterocycles. The number of amidine groups is 1. The van der Waals surface area contributed by atoms with Gasteiger partial charge in [0.2, 0.25) is 5.84 Å². The van der Waals surface area contributed by atoms with Gasteiger partial charge in [-0.2, -0.15) is 10.5 Å². The van der Waals surface area contributed by atoms with Crippen LogP contribution in [0.3, 0.4) is 0 Å². The summed E-state index contributed by atoms with van der Waals surface area (Å²) in [7, 11) is 1.49. The number of benzene rings is 3. The number of phenols is 1. The highest BCUT2D eigenvalue weighted by Crippen LogP contribution is 2.28. The first-order valence-electron chi connectivity index (χ1n) is 11.9. The number of hydrazone groups is 1. The van der Waals surface area contributed by atoms with Gasteiger partial charge in [0.25, 0.3) is 5.91 Å². The zero-order chi connectivity index (χ0) is 28.2. The maximum Gasteiger partial charge on any atom is 0.275 e. The molecule has 0 bridgehead atoms. The molecule has 11 heteroatoms. The third-order valence-corrected chi connectivity index (χ3v) is 6.03. The molecule has 0 aliphatic heterocycles. The second-order valence-electron chi connectivity index (χ2n) is 8.26. The first-order chi connectivity index (χ1) is 18.9. The third-order valence-electron chi connectivity index (χ3n) is 5.54. The number of carbonyl (C=O) groups excluding carboxylic acids is 1. The first kappa shape index (κ1) is 28.8. The molecular weight excluding hydrogens is 562 g/mol. The number of nitriles is 2. The predicted octanol–water partition coefficient (Wildman–Crippen LogP) is 5.98. The van der Waals surface area contributed by atoms with E-state index >= 15 is 0 Å². The van der Waals surface area contributed by atoms with Crippen molar-refractivity contribution in [2.24, 2.45) is 15.3 Å². The molecule has 0 unspecified atom stereocenters. The van der Waals surface area contributed by atoms with Gasteiger partial charge in [-0.25, -0.2) is 5.43 Å². The zero-order valence-electron chi connectivity index (χ0n) is 21.4. The average Bonchev–Trinajstić information content (AvgIpc) is 2.95. The maximum atomic E-state index is 12.8. The molecule has 2 N–H and O–H groups in total. The van der Waals surface area contributed by atoms with Crippen LogP contribution < -0.4 is 15.1 Å². The molecule has 0 aliphatic carbocycles. The normalized spacial score (nSPS) is 11.1. The lowest BCUT2D eigenvalue weighted by molar-refractivity contribution is 0.0952. The highest BCUT2D eigenvalue weighted by atomic mass is 79.9. The molecule has 0 saturated heterocycles. The molecule has 10 nitrogen and oxygen atoms in total. The largest absolute Gasteiger partial charge is 0.507 e. The van der Waals surface area contributed by atoms with E-state index in [-0.39, 0.29) is 17.1 Å². The lowest BCUT2D eigenvalue weighted by Crippen LogP contribution is -2.25. The van der Waals surface area contributed by atoms with Gasteiger partial charge in [0.05, 0.1) is 48.9 Å². The van der Waals surface area contributed by atoms with Crippen molar-refractivity contribution in [3.05, 3.63) is 81.8 Å². The van der Waals surface area contributed by atoms with Crippen LogP contribution in [0.5, 0.6) is 11.5 Å². The number of carbonyl (C=O) groups is 1. The topological polar surface area (TPSA) is 146 Å². The lowest BCUT2D eigenvalue weighted by atomic mass is 10.1. The molecule has 3 aromatic rings. The molecule has 0 aliphatic rings. The van der Waals surface area contributed by atoms with E-state index in [2.05, 4.69) is 48.8 Å². The Morgan fingerprint density at radius 1 is 1.03 bits per heavy atom. The molecule has 0 saturated carbocycles. The standard InChI is InChI=1S/C28H26BrN7O3/c1-19-5-8-21(9-6-19)32-33-27(34-35-28(38)24-17-20(29)7-12-25(24)37)23-11-10-22(18-26(23)39-2)36(15-3-13-30)16-4-14-31/h5-12,17-18,37H,3-4,15-16H2,1-2H3,(H,35,38)/b33-32?,34-27-. The van der Waals surface area contributed by atoms with Crippen molar-refractivity contribution in [2.75, 3.05) is 25.1 Å². The number of rotatable bonds is 10. The van der Waals surface area contributed by atoms with Crippen LogP contribution in [0.1, 0.15) is 34.3 Å². The Morgan fingerprint density at radius 3 is 2.36 bits per heavy atom. The van der Waals surface area contributed by atoms with E-state index in [1.54, 1.807) is 36.4 Å². The predicted molar refractivity (Wildman–Crippen MR) is 151 cm³/mol. The Morgan fingerprint density at radius 2 is 1.72 bits per heavy atom. The minimum Gasteiger partial charge on any atom is -0.507 e. The number of amides is 1. The zero-order valence-corrected chi connectivity index (χ0v) is 23.0. The number of aryl methyl sites for hydroxylation is 1. The van der Waals surface area contributed by atoms with Crippen molar-refractivity contribution < 1.29 is 14.6 Å². The van der Waals surface area contributed by atoms with E-state index in [0.717, 1.165) is 11.3 Å². The van der Waals surface area contributed by atoms with Crippen LogP contribution >= 0.6 is 15.9 Å². The number of ether oxygens (including phenoxy) is 1. The minimum atomic E-state index is -0.647. The van der Waals surface area contributed by atoms with Crippen molar-refractivity contribution in [3.8, 4) is 23.6 Å². The van der Waals surface area contributed by atoms with Gasteiger partial charge < -0.3 is 14.7 Å². The molecular formula is C28H26BrN7O3. The summed E-state index contributed by atoms with van der Waals surface area (Å²) in [6.07, 6.45) is 0.586. The van der Waals surface area contributed by atoms with Gasteiger partial charge in [0.1, 0.15) is 11.5 Å². The summed E-state index contributed by atoms with van der Waals surface area (Å²) in [4.78, 5) is 14.7. The number of phenolic OH excluding ortho intramolecular Hbond substituents is 1. The van der Waals surface area contributed by atoms with E-state index < -0.39 is 5.91 Å². The van der Waals surface area contributed by atoms with Gasteiger partial charge in [0, 0.05) is 29.3 Å². The van der Waals surface area contributed by atoms with Gasteiger partial charge in [-0.1, -0.05) is 33.6 Å². The summed E-state index contributed by atoms with van der Waals surface area (Å²) in [5.41, 5.74) is 5.30. The maximum absolute atomic E-state index is 12.8. The number of hydrogen-bond donors (Lipinski definition) is 2. The molecule has 1 amide bonds. The Balaban J connectivity index is 2.01. The number of azo groups is 1. The fourth-order valence-electron chi connectivity index (χ4n) is 3.51. The second-order valence-corrected chi connectivity index (χ2v) is 9.18. The van der Waals surface area contributed by atoms with Gasteiger partial charge in [-0.3, -0.25) is 4.79 Å². The molecule has 0 spiro atoms. The van der Waals surface area contributed by atoms with E-state index in [1.807, 2.05) is 24.0 Å². The van der Waals surface area contributed by atoms with Crippen LogP contribution in [-0.4, -0.2) is 37.0 Å². The Labute approximate surface area is 235 Å². The van der Waals surface area contributed by atoms with Crippen LogP contribution in [0.2, 0.25) is 0 Å². The van der Waals surface area contributed by atoms with Crippen molar-refractivity contribution in [1.29, 1.82) is 10.5 Å². The number of anilines is 1.